The Balaban J connectivity index is 2.85. The van der Waals surface area contributed by atoms with Gasteiger partial charge in [0.25, 0.3) is 0 Å². The standard InChI is InChI=1S/C12H17FN2O3/c1-8(15-12(16)17)10-7-9(13)3-4-11(10)18-6-2-5-14/h3-4,7-8,15H,2,5-6,14H2,1H3,(H,16,17). The van der Waals surface area contributed by atoms with Crippen molar-refractivity contribution >= 4 is 6.09 Å². The van der Waals surface area contributed by atoms with Crippen LogP contribution in [0.1, 0.15) is 24.9 Å². The SMILES string of the molecule is CC(NC(=O)O)c1cc(F)ccc1OCCCN. The third kappa shape index (κ3) is 4.21. The smallest absolute Gasteiger partial charge is 0.405 e. The molecule has 0 aliphatic rings. The van der Waals surface area contributed by atoms with Gasteiger partial charge in [-0.2, -0.15) is 0 Å². The van der Waals surface area contributed by atoms with Gasteiger partial charge in [0.1, 0.15) is 11.6 Å². The van der Waals surface area contributed by atoms with Gasteiger partial charge in [-0.15, -0.1) is 0 Å². The van der Waals surface area contributed by atoms with Crippen molar-refractivity contribution in [1.82, 2.24) is 5.32 Å². The summed E-state index contributed by atoms with van der Waals surface area (Å²) in [6.07, 6.45) is -0.489. The van der Waals surface area contributed by atoms with Crippen molar-refractivity contribution in [3.8, 4) is 5.75 Å². The summed E-state index contributed by atoms with van der Waals surface area (Å²) in [5.74, 6) is 0.0290. The summed E-state index contributed by atoms with van der Waals surface area (Å²) < 4.78 is 18.6. The molecule has 1 aromatic carbocycles. The number of nitrogens with one attached hydrogen (secondary N) is 1. The molecule has 1 atom stereocenters. The van der Waals surface area contributed by atoms with Gasteiger partial charge in [-0.05, 0) is 38.1 Å². The Labute approximate surface area is 105 Å². The lowest BCUT2D eigenvalue weighted by atomic mass is 10.1. The van der Waals surface area contributed by atoms with Crippen LogP contribution in [-0.2, 0) is 0 Å². The van der Waals surface area contributed by atoms with E-state index in [2.05, 4.69) is 5.32 Å². The second-order valence-corrected chi connectivity index (χ2v) is 3.84. The quantitative estimate of drug-likeness (QED) is 0.678. The maximum atomic E-state index is 13.2. The molecule has 1 rings (SSSR count). The predicted molar refractivity (Wildman–Crippen MR) is 65.1 cm³/mol. The molecule has 0 heterocycles. The lowest BCUT2D eigenvalue weighted by Crippen LogP contribution is -2.25. The van der Waals surface area contributed by atoms with Crippen LogP contribution >= 0.6 is 0 Å². The second-order valence-electron chi connectivity index (χ2n) is 3.84. The molecule has 100 valence electrons. The Morgan fingerprint density at radius 2 is 2.33 bits per heavy atom. The Morgan fingerprint density at radius 3 is 2.94 bits per heavy atom. The van der Waals surface area contributed by atoms with Crippen LogP contribution in [-0.4, -0.2) is 24.4 Å². The van der Waals surface area contributed by atoms with E-state index in [0.717, 1.165) is 0 Å². The van der Waals surface area contributed by atoms with Gasteiger partial charge >= 0.3 is 6.09 Å². The molecule has 0 bridgehead atoms. The van der Waals surface area contributed by atoms with Crippen molar-refractivity contribution in [2.24, 2.45) is 5.73 Å². The fourth-order valence-corrected chi connectivity index (χ4v) is 1.52. The fraction of sp³-hybridized carbons (Fsp3) is 0.417. The summed E-state index contributed by atoms with van der Waals surface area (Å²) >= 11 is 0. The molecule has 6 heteroatoms. The molecule has 0 radical (unpaired) electrons. The van der Waals surface area contributed by atoms with Crippen LogP contribution in [0.3, 0.4) is 0 Å². The topological polar surface area (TPSA) is 84.6 Å². The Morgan fingerprint density at radius 1 is 1.61 bits per heavy atom. The van der Waals surface area contributed by atoms with Gasteiger partial charge in [-0.25, -0.2) is 9.18 Å². The highest BCUT2D eigenvalue weighted by atomic mass is 19.1. The molecule has 0 aromatic heterocycles. The molecule has 1 aromatic rings. The Kier molecular flexibility index (Phi) is 5.38. The number of carbonyl (C=O) groups is 1. The molecule has 0 saturated carbocycles. The van der Waals surface area contributed by atoms with E-state index in [1.54, 1.807) is 6.92 Å². The number of nitrogens with two attached hydrogens (primary N) is 1. The second kappa shape index (κ2) is 6.80. The molecule has 0 fully saturated rings. The van der Waals surface area contributed by atoms with Gasteiger partial charge in [0.15, 0.2) is 0 Å². The molecular formula is C12H17FN2O3. The van der Waals surface area contributed by atoms with Crippen molar-refractivity contribution < 1.29 is 19.0 Å². The third-order valence-corrected chi connectivity index (χ3v) is 2.38. The van der Waals surface area contributed by atoms with E-state index < -0.39 is 18.0 Å². The summed E-state index contributed by atoms with van der Waals surface area (Å²) in [6, 6.07) is 3.47. The van der Waals surface area contributed by atoms with Gasteiger partial charge in [-0.1, -0.05) is 0 Å². The summed E-state index contributed by atoms with van der Waals surface area (Å²) in [4.78, 5) is 10.6. The van der Waals surface area contributed by atoms with Crippen LogP contribution in [0, 0.1) is 5.82 Å². The molecule has 0 aliphatic carbocycles. The first-order valence-corrected chi connectivity index (χ1v) is 5.66. The van der Waals surface area contributed by atoms with E-state index in [0.29, 0.717) is 30.9 Å². The zero-order chi connectivity index (χ0) is 13.5. The first kappa shape index (κ1) is 14.2. The molecule has 0 saturated heterocycles. The van der Waals surface area contributed by atoms with E-state index in [1.165, 1.54) is 18.2 Å². The molecular weight excluding hydrogens is 239 g/mol. The fourth-order valence-electron chi connectivity index (χ4n) is 1.52. The van der Waals surface area contributed by atoms with Crippen molar-refractivity contribution in [3.05, 3.63) is 29.6 Å². The molecule has 1 amide bonds. The largest absolute Gasteiger partial charge is 0.493 e. The van der Waals surface area contributed by atoms with Crippen LogP contribution < -0.4 is 15.8 Å². The Hall–Kier alpha value is -1.82. The maximum Gasteiger partial charge on any atom is 0.405 e. The van der Waals surface area contributed by atoms with Crippen molar-refractivity contribution in [2.75, 3.05) is 13.2 Å². The lowest BCUT2D eigenvalue weighted by molar-refractivity contribution is 0.190. The number of ether oxygens (including phenoxy) is 1. The van der Waals surface area contributed by atoms with Crippen molar-refractivity contribution in [2.45, 2.75) is 19.4 Å². The van der Waals surface area contributed by atoms with E-state index in [1.807, 2.05) is 0 Å². The van der Waals surface area contributed by atoms with Crippen molar-refractivity contribution in [1.29, 1.82) is 0 Å². The summed E-state index contributed by atoms with van der Waals surface area (Å²) in [5.41, 5.74) is 5.82. The number of benzene rings is 1. The minimum Gasteiger partial charge on any atom is -0.493 e. The number of amides is 1. The van der Waals surface area contributed by atoms with Crippen LogP contribution in [0.5, 0.6) is 5.75 Å². The molecule has 18 heavy (non-hydrogen) atoms. The summed E-state index contributed by atoms with van der Waals surface area (Å²) in [5, 5.41) is 10.9. The molecule has 0 spiro atoms. The third-order valence-electron chi connectivity index (χ3n) is 2.38. The average Bonchev–Trinajstić information content (AvgIpc) is 2.30. The van der Waals surface area contributed by atoms with Crippen LogP contribution in [0.15, 0.2) is 18.2 Å². The Bertz CT molecular complexity index is 412. The highest BCUT2D eigenvalue weighted by Crippen LogP contribution is 2.26. The zero-order valence-corrected chi connectivity index (χ0v) is 10.1. The normalized spacial score (nSPS) is 11.9. The van der Waals surface area contributed by atoms with Gasteiger partial charge in [0, 0.05) is 5.56 Å². The van der Waals surface area contributed by atoms with Gasteiger partial charge in [-0.3, -0.25) is 0 Å². The molecule has 4 N–H and O–H groups in total. The number of halogens is 1. The van der Waals surface area contributed by atoms with Gasteiger partial charge < -0.3 is 20.9 Å². The van der Waals surface area contributed by atoms with E-state index in [-0.39, 0.29) is 0 Å². The highest BCUT2D eigenvalue weighted by molar-refractivity contribution is 5.65. The minimum absolute atomic E-state index is 0.412. The van der Waals surface area contributed by atoms with E-state index in [4.69, 9.17) is 15.6 Å². The first-order chi connectivity index (χ1) is 8.54. The van der Waals surface area contributed by atoms with E-state index in [9.17, 15) is 9.18 Å². The number of rotatable bonds is 6. The number of hydrogen-bond donors (Lipinski definition) is 3. The summed E-state index contributed by atoms with van der Waals surface area (Å²) in [7, 11) is 0. The van der Waals surface area contributed by atoms with Crippen LogP contribution in [0.25, 0.3) is 0 Å². The molecule has 5 nitrogen and oxygen atoms in total. The number of hydrogen-bond acceptors (Lipinski definition) is 3. The summed E-state index contributed by atoms with van der Waals surface area (Å²) in [6.45, 7) is 2.53. The first-order valence-electron chi connectivity index (χ1n) is 5.66. The zero-order valence-electron chi connectivity index (χ0n) is 10.1. The van der Waals surface area contributed by atoms with Crippen molar-refractivity contribution in [3.63, 3.8) is 0 Å². The monoisotopic (exact) mass is 256 g/mol. The maximum absolute atomic E-state index is 13.2. The highest BCUT2D eigenvalue weighted by Gasteiger charge is 2.14. The van der Waals surface area contributed by atoms with Gasteiger partial charge in [0.05, 0.1) is 12.6 Å². The predicted octanol–water partition coefficient (Wildman–Crippen LogP) is 1.88. The molecule has 0 aliphatic heterocycles. The van der Waals surface area contributed by atoms with Crippen LogP contribution in [0.4, 0.5) is 9.18 Å². The van der Waals surface area contributed by atoms with E-state index >= 15 is 0 Å². The average molecular weight is 256 g/mol. The van der Waals surface area contributed by atoms with Crippen LogP contribution in [0.2, 0.25) is 0 Å². The molecule has 1 unspecified atom stereocenters. The minimum atomic E-state index is -1.17. The lowest BCUT2D eigenvalue weighted by Gasteiger charge is -2.17. The van der Waals surface area contributed by atoms with Gasteiger partial charge in [0.2, 0.25) is 0 Å². The number of carboxylic acid groups (broad SMARTS) is 1.